The molecule has 1 aromatic heterocycles. The maximum Gasteiger partial charge on any atom is 0.0999 e. The van der Waals surface area contributed by atoms with Crippen molar-refractivity contribution in [2.45, 2.75) is 11.1 Å². The number of hydrogen-bond donors (Lipinski definition) is 1. The molecule has 1 unspecified atom stereocenters. The summed E-state index contributed by atoms with van der Waals surface area (Å²) in [4.78, 5) is 1.06. The van der Waals surface area contributed by atoms with E-state index >= 15 is 0 Å². The van der Waals surface area contributed by atoms with Gasteiger partial charge in [0, 0.05) is 16.7 Å². The summed E-state index contributed by atoms with van der Waals surface area (Å²) >= 11 is 1.46. The third-order valence-electron chi connectivity index (χ3n) is 1.31. The summed E-state index contributed by atoms with van der Waals surface area (Å²) in [5, 5.41) is 11.2. The number of nitrogens with zero attached hydrogens (tertiary/aromatic N) is 1. The van der Waals surface area contributed by atoms with Crippen LogP contribution in [0.5, 0.6) is 0 Å². The summed E-state index contributed by atoms with van der Waals surface area (Å²) in [6.45, 7) is 1.93. The van der Waals surface area contributed by atoms with Gasteiger partial charge in [0.1, 0.15) is 0 Å². The molecule has 0 aromatic carbocycles. The number of rotatable bonds is 2. The average Bonchev–Trinajstić information content (AvgIpc) is 2.32. The second-order valence-corrected chi connectivity index (χ2v) is 5.13. The van der Waals surface area contributed by atoms with E-state index in [0.717, 1.165) is 14.6 Å². The third-order valence-corrected chi connectivity index (χ3v) is 3.88. The van der Waals surface area contributed by atoms with Gasteiger partial charge < -0.3 is 5.21 Å². The minimum Gasteiger partial charge on any atom is -0.411 e. The van der Waals surface area contributed by atoms with Crippen molar-refractivity contribution in [2.24, 2.45) is 5.16 Å². The van der Waals surface area contributed by atoms with Crippen LogP contribution >= 0.6 is 11.3 Å². The van der Waals surface area contributed by atoms with Gasteiger partial charge >= 0.3 is 0 Å². The maximum atomic E-state index is 11.1. The zero-order chi connectivity index (χ0) is 9.14. The lowest BCUT2D eigenvalue weighted by Crippen LogP contribution is -1.88. The fourth-order valence-electron chi connectivity index (χ4n) is 0.889. The highest BCUT2D eigenvalue weighted by Gasteiger charge is 2.07. The molecule has 5 heteroatoms. The van der Waals surface area contributed by atoms with Crippen molar-refractivity contribution < 1.29 is 9.42 Å². The first-order valence-electron chi connectivity index (χ1n) is 3.26. The summed E-state index contributed by atoms with van der Waals surface area (Å²) < 4.78 is 11.9. The number of oxime groups is 1. The van der Waals surface area contributed by atoms with Crippen LogP contribution in [0.3, 0.4) is 0 Å². The van der Waals surface area contributed by atoms with Crippen molar-refractivity contribution in [3.05, 3.63) is 16.5 Å². The Morgan fingerprint density at radius 2 is 2.42 bits per heavy atom. The normalized spacial score (nSPS) is 13.8. The van der Waals surface area contributed by atoms with Gasteiger partial charge in [0.15, 0.2) is 0 Å². The van der Waals surface area contributed by atoms with Crippen LogP contribution < -0.4 is 0 Å². The lowest BCUT2D eigenvalue weighted by atomic mass is 10.3. The molecule has 0 aliphatic carbocycles. The van der Waals surface area contributed by atoms with Crippen molar-refractivity contribution in [2.75, 3.05) is 6.26 Å². The van der Waals surface area contributed by atoms with Crippen LogP contribution in [0.1, 0.15) is 10.4 Å². The predicted molar refractivity (Wildman–Crippen MR) is 50.8 cm³/mol. The smallest absolute Gasteiger partial charge is 0.0999 e. The van der Waals surface area contributed by atoms with E-state index in [1.807, 2.05) is 13.0 Å². The molecule has 1 rings (SSSR count). The van der Waals surface area contributed by atoms with Crippen LogP contribution in [0.25, 0.3) is 0 Å². The Bertz CT molecular complexity index is 330. The van der Waals surface area contributed by atoms with Crippen molar-refractivity contribution in [3.63, 3.8) is 0 Å². The summed E-state index contributed by atoms with van der Waals surface area (Å²) in [5.74, 6) is 0. The van der Waals surface area contributed by atoms with Crippen LogP contribution in [-0.2, 0) is 10.8 Å². The zero-order valence-electron chi connectivity index (χ0n) is 6.77. The largest absolute Gasteiger partial charge is 0.411 e. The molecule has 12 heavy (non-hydrogen) atoms. The van der Waals surface area contributed by atoms with E-state index in [2.05, 4.69) is 5.16 Å². The standard InChI is InChI=1S/C7H9NO2S2/c1-5-3-6(4-8-9)7(11-5)12(2)10/h3-4,9H,1-2H3/b8-4-. The van der Waals surface area contributed by atoms with Gasteiger partial charge in [-0.1, -0.05) is 5.16 Å². The summed E-state index contributed by atoms with van der Waals surface area (Å²) in [5.41, 5.74) is 0.737. The first-order valence-corrected chi connectivity index (χ1v) is 5.64. The topological polar surface area (TPSA) is 49.7 Å². The van der Waals surface area contributed by atoms with Crippen LogP contribution in [0, 0.1) is 6.92 Å². The van der Waals surface area contributed by atoms with E-state index in [4.69, 9.17) is 5.21 Å². The molecule has 1 atom stereocenters. The van der Waals surface area contributed by atoms with Crippen molar-refractivity contribution in [1.82, 2.24) is 0 Å². The summed E-state index contributed by atoms with van der Waals surface area (Å²) in [7, 11) is -1.01. The SMILES string of the molecule is Cc1cc(/C=N\O)c(S(C)=O)s1. The summed E-state index contributed by atoms with van der Waals surface area (Å²) in [6.07, 6.45) is 2.92. The molecular weight excluding hydrogens is 194 g/mol. The fourth-order valence-corrected chi connectivity index (χ4v) is 2.90. The van der Waals surface area contributed by atoms with Gasteiger partial charge in [-0.15, -0.1) is 11.3 Å². The molecule has 0 saturated heterocycles. The van der Waals surface area contributed by atoms with E-state index in [-0.39, 0.29) is 0 Å². The summed E-state index contributed by atoms with van der Waals surface area (Å²) in [6, 6.07) is 1.85. The van der Waals surface area contributed by atoms with Gasteiger partial charge in [-0.05, 0) is 13.0 Å². The van der Waals surface area contributed by atoms with Crippen LogP contribution in [-0.4, -0.2) is 21.9 Å². The van der Waals surface area contributed by atoms with Crippen LogP contribution in [0.15, 0.2) is 15.4 Å². The fraction of sp³-hybridized carbons (Fsp3) is 0.286. The number of aryl methyl sites for hydroxylation is 1. The molecule has 0 radical (unpaired) electrons. The van der Waals surface area contributed by atoms with Gasteiger partial charge in [-0.2, -0.15) is 0 Å². The zero-order valence-corrected chi connectivity index (χ0v) is 8.41. The third kappa shape index (κ3) is 1.92. The molecule has 66 valence electrons. The van der Waals surface area contributed by atoms with E-state index in [9.17, 15) is 4.21 Å². The van der Waals surface area contributed by atoms with Gasteiger partial charge in [0.2, 0.25) is 0 Å². The number of hydrogen-bond acceptors (Lipinski definition) is 4. The number of thiophene rings is 1. The maximum absolute atomic E-state index is 11.1. The van der Waals surface area contributed by atoms with Crippen molar-refractivity contribution in [3.8, 4) is 0 Å². The Kier molecular flexibility index (Phi) is 2.99. The molecule has 3 nitrogen and oxygen atoms in total. The molecule has 1 heterocycles. The molecule has 0 bridgehead atoms. The molecule has 0 fully saturated rings. The average molecular weight is 203 g/mol. The van der Waals surface area contributed by atoms with E-state index in [0.29, 0.717) is 0 Å². The highest BCUT2D eigenvalue weighted by atomic mass is 32.2. The van der Waals surface area contributed by atoms with E-state index < -0.39 is 10.8 Å². The first-order chi connectivity index (χ1) is 5.65. The molecule has 0 spiro atoms. The molecule has 0 aliphatic heterocycles. The van der Waals surface area contributed by atoms with Gasteiger partial charge in [0.25, 0.3) is 0 Å². The Morgan fingerprint density at radius 3 is 2.92 bits per heavy atom. The molecule has 1 aromatic rings. The van der Waals surface area contributed by atoms with Crippen molar-refractivity contribution >= 4 is 28.4 Å². The molecule has 0 aliphatic rings. The lowest BCUT2D eigenvalue weighted by Gasteiger charge is -1.90. The Balaban J connectivity index is 3.17. The first kappa shape index (κ1) is 9.41. The highest BCUT2D eigenvalue weighted by molar-refractivity contribution is 7.86. The van der Waals surface area contributed by atoms with E-state index in [1.54, 1.807) is 6.26 Å². The monoisotopic (exact) mass is 203 g/mol. The highest BCUT2D eigenvalue weighted by Crippen LogP contribution is 2.23. The molecule has 1 N–H and O–H groups in total. The van der Waals surface area contributed by atoms with Crippen molar-refractivity contribution in [1.29, 1.82) is 0 Å². The lowest BCUT2D eigenvalue weighted by molar-refractivity contribution is 0.322. The molecule has 0 amide bonds. The molecule has 0 saturated carbocycles. The van der Waals surface area contributed by atoms with Crippen LogP contribution in [0.4, 0.5) is 0 Å². The minimum atomic E-state index is -1.01. The Hall–Kier alpha value is -0.680. The Labute approximate surface area is 77.2 Å². The Morgan fingerprint density at radius 1 is 1.75 bits per heavy atom. The van der Waals surface area contributed by atoms with Crippen LogP contribution in [0.2, 0.25) is 0 Å². The second kappa shape index (κ2) is 3.82. The second-order valence-electron chi connectivity index (χ2n) is 2.30. The van der Waals surface area contributed by atoms with E-state index in [1.165, 1.54) is 17.6 Å². The quantitative estimate of drug-likeness (QED) is 0.451. The molecular formula is C7H9NO2S2. The predicted octanol–water partition coefficient (Wildman–Crippen LogP) is 1.60. The minimum absolute atomic E-state index is 0.737. The van der Waals surface area contributed by atoms with Gasteiger partial charge in [-0.3, -0.25) is 4.21 Å². The van der Waals surface area contributed by atoms with Gasteiger partial charge in [0.05, 0.1) is 21.2 Å². The van der Waals surface area contributed by atoms with Gasteiger partial charge in [-0.25, -0.2) is 0 Å².